The van der Waals surface area contributed by atoms with E-state index in [9.17, 15) is 14.4 Å². The Bertz CT molecular complexity index is 1040. The lowest BCUT2D eigenvalue weighted by molar-refractivity contribution is -0.126. The summed E-state index contributed by atoms with van der Waals surface area (Å²) in [5, 5.41) is 7.35. The molecule has 1 aromatic heterocycles. The van der Waals surface area contributed by atoms with Crippen LogP contribution in [-0.2, 0) is 11.3 Å². The number of carbonyl (C=O) groups excluding carboxylic acids is 2. The van der Waals surface area contributed by atoms with E-state index in [0.29, 0.717) is 38.2 Å². The second-order valence-electron chi connectivity index (χ2n) is 10.1. The lowest BCUT2D eigenvalue weighted by Gasteiger charge is -2.33. The van der Waals surface area contributed by atoms with Crippen LogP contribution in [0.1, 0.15) is 37.2 Å². The van der Waals surface area contributed by atoms with Gasteiger partial charge in [0.25, 0.3) is 11.5 Å². The fourth-order valence-electron chi connectivity index (χ4n) is 4.38. The molecule has 1 N–H and O–H groups in total. The fourth-order valence-corrected chi connectivity index (χ4v) is 4.38. The molecule has 3 rings (SSSR count). The maximum Gasteiger partial charge on any atom is 0.274 e. The molecule has 190 valence electrons. The highest BCUT2D eigenvalue weighted by molar-refractivity contribution is 5.92. The first-order chi connectivity index (χ1) is 16.6. The van der Waals surface area contributed by atoms with Crippen molar-refractivity contribution in [3.8, 4) is 5.75 Å². The van der Waals surface area contributed by atoms with E-state index >= 15 is 0 Å². The molecule has 35 heavy (non-hydrogen) atoms. The van der Waals surface area contributed by atoms with Crippen molar-refractivity contribution >= 4 is 11.8 Å². The number of aromatic nitrogens is 2. The molecular weight excluding hydrogens is 446 g/mol. The molecule has 1 saturated heterocycles. The maximum absolute atomic E-state index is 13.0. The Morgan fingerprint density at radius 2 is 1.80 bits per heavy atom. The summed E-state index contributed by atoms with van der Waals surface area (Å²) in [5.41, 5.74) is -0.0834. The predicted molar refractivity (Wildman–Crippen MR) is 134 cm³/mol. The number of nitrogens with zero attached hydrogens (tertiary/aromatic N) is 4. The van der Waals surface area contributed by atoms with Gasteiger partial charge in [0.15, 0.2) is 0 Å². The Hall–Kier alpha value is -3.20. The first kappa shape index (κ1) is 26.4. The molecule has 1 aliphatic heterocycles. The van der Waals surface area contributed by atoms with Gasteiger partial charge in [0.2, 0.25) is 5.91 Å². The van der Waals surface area contributed by atoms with Crippen LogP contribution in [0.3, 0.4) is 0 Å². The van der Waals surface area contributed by atoms with Gasteiger partial charge in [0, 0.05) is 38.2 Å². The molecule has 0 aliphatic carbocycles. The summed E-state index contributed by atoms with van der Waals surface area (Å²) < 4.78 is 6.90. The van der Waals surface area contributed by atoms with Crippen molar-refractivity contribution < 1.29 is 14.3 Å². The van der Waals surface area contributed by atoms with Gasteiger partial charge in [-0.25, -0.2) is 4.68 Å². The number of nitrogens with one attached hydrogen (secondary N) is 1. The average Bonchev–Trinajstić information content (AvgIpc) is 2.83. The predicted octanol–water partition coefficient (Wildman–Crippen LogP) is 1.88. The minimum absolute atomic E-state index is 0.0171. The molecule has 0 atom stereocenters. The fraction of sp³-hybridized carbons (Fsp3) is 0.538. The topological polar surface area (TPSA) is 96.8 Å². The molecular formula is C26H37N5O4. The van der Waals surface area contributed by atoms with Gasteiger partial charge in [0.05, 0.1) is 6.54 Å². The molecule has 0 saturated carbocycles. The number of carbonyl (C=O) groups is 2. The van der Waals surface area contributed by atoms with Gasteiger partial charge in [-0.05, 0) is 50.6 Å². The minimum Gasteiger partial charge on any atom is -0.492 e. The van der Waals surface area contributed by atoms with Crippen LogP contribution >= 0.6 is 0 Å². The standard InChI is InChI=1S/C26H37N5O4/c1-26(2,19-29(3)4)18-27-24(33)20-12-14-30(15-13-20)25(34)22-10-11-23(32)31(28-22)16-17-35-21-8-6-5-7-9-21/h5-11,20H,12-19H2,1-4H3,(H,27,33). The number of ether oxygens (including phenoxy) is 1. The Morgan fingerprint density at radius 3 is 2.46 bits per heavy atom. The molecule has 1 aromatic carbocycles. The third-order valence-electron chi connectivity index (χ3n) is 6.04. The van der Waals surface area contributed by atoms with Crippen LogP contribution < -0.4 is 15.6 Å². The molecule has 1 aliphatic rings. The maximum atomic E-state index is 13.0. The van der Waals surface area contributed by atoms with Crippen molar-refractivity contribution in [1.82, 2.24) is 24.9 Å². The molecule has 0 bridgehead atoms. The molecule has 9 heteroatoms. The molecule has 2 aromatic rings. The second kappa shape index (κ2) is 12.0. The first-order valence-corrected chi connectivity index (χ1v) is 12.1. The van der Waals surface area contributed by atoms with Crippen molar-refractivity contribution in [3.05, 3.63) is 58.5 Å². The van der Waals surface area contributed by atoms with Gasteiger partial charge in [-0.15, -0.1) is 0 Å². The van der Waals surface area contributed by atoms with E-state index in [0.717, 1.165) is 6.54 Å². The summed E-state index contributed by atoms with van der Waals surface area (Å²) in [6.07, 6.45) is 1.21. The van der Waals surface area contributed by atoms with Crippen LogP contribution in [0.2, 0.25) is 0 Å². The smallest absolute Gasteiger partial charge is 0.274 e. The highest BCUT2D eigenvalue weighted by atomic mass is 16.5. The van der Waals surface area contributed by atoms with Crippen LogP contribution in [-0.4, -0.2) is 78.3 Å². The minimum atomic E-state index is -0.286. The monoisotopic (exact) mass is 483 g/mol. The zero-order valence-electron chi connectivity index (χ0n) is 21.2. The Labute approximate surface area is 207 Å². The molecule has 2 amide bonds. The lowest BCUT2D eigenvalue weighted by Crippen LogP contribution is -2.46. The van der Waals surface area contributed by atoms with E-state index in [2.05, 4.69) is 29.2 Å². The van der Waals surface area contributed by atoms with Crippen molar-refractivity contribution in [3.63, 3.8) is 0 Å². The Kier molecular flexibility index (Phi) is 9.03. The molecule has 0 radical (unpaired) electrons. The second-order valence-corrected chi connectivity index (χ2v) is 10.1. The number of benzene rings is 1. The van der Waals surface area contributed by atoms with Crippen LogP contribution in [0, 0.1) is 11.3 Å². The van der Waals surface area contributed by atoms with E-state index in [1.54, 1.807) is 4.90 Å². The zero-order valence-corrected chi connectivity index (χ0v) is 21.2. The molecule has 2 heterocycles. The quantitative estimate of drug-likeness (QED) is 0.554. The number of hydrogen-bond donors (Lipinski definition) is 1. The summed E-state index contributed by atoms with van der Waals surface area (Å²) in [5.74, 6) is 0.426. The van der Waals surface area contributed by atoms with Gasteiger partial charge < -0.3 is 19.9 Å². The van der Waals surface area contributed by atoms with Gasteiger partial charge in [0.1, 0.15) is 18.1 Å². The highest BCUT2D eigenvalue weighted by Crippen LogP contribution is 2.20. The number of rotatable bonds is 10. The molecule has 0 spiro atoms. The van der Waals surface area contributed by atoms with Gasteiger partial charge in [-0.3, -0.25) is 14.4 Å². The summed E-state index contributed by atoms with van der Waals surface area (Å²) in [4.78, 5) is 41.7. The van der Waals surface area contributed by atoms with Gasteiger partial charge in [-0.1, -0.05) is 32.0 Å². The third kappa shape index (κ3) is 7.92. The van der Waals surface area contributed by atoms with E-state index in [-0.39, 0.29) is 47.6 Å². The van der Waals surface area contributed by atoms with E-state index in [1.807, 2.05) is 44.4 Å². The van der Waals surface area contributed by atoms with Crippen LogP contribution in [0.4, 0.5) is 0 Å². The average molecular weight is 484 g/mol. The highest BCUT2D eigenvalue weighted by Gasteiger charge is 2.29. The lowest BCUT2D eigenvalue weighted by atomic mass is 9.91. The van der Waals surface area contributed by atoms with Crippen LogP contribution in [0.25, 0.3) is 0 Å². The molecule has 0 unspecified atom stereocenters. The number of amides is 2. The van der Waals surface area contributed by atoms with E-state index in [4.69, 9.17) is 4.74 Å². The van der Waals surface area contributed by atoms with Gasteiger partial charge in [-0.2, -0.15) is 5.10 Å². The third-order valence-corrected chi connectivity index (χ3v) is 6.04. The SMILES string of the molecule is CN(C)CC(C)(C)CNC(=O)C1CCN(C(=O)c2ccc(=O)n(CCOc3ccccc3)n2)CC1. The van der Waals surface area contributed by atoms with Crippen LogP contribution in [0.15, 0.2) is 47.3 Å². The van der Waals surface area contributed by atoms with E-state index < -0.39 is 0 Å². The van der Waals surface area contributed by atoms with Crippen molar-refractivity contribution in [2.75, 3.05) is 46.9 Å². The number of likely N-dealkylation sites (tertiary alicyclic amines) is 1. The zero-order chi connectivity index (χ0) is 25.4. The first-order valence-electron chi connectivity index (χ1n) is 12.1. The molecule has 1 fully saturated rings. The number of para-hydroxylation sites is 1. The van der Waals surface area contributed by atoms with E-state index in [1.165, 1.54) is 16.8 Å². The summed E-state index contributed by atoms with van der Waals surface area (Å²) in [7, 11) is 4.05. The van der Waals surface area contributed by atoms with Crippen molar-refractivity contribution in [2.45, 2.75) is 33.2 Å². The number of hydrogen-bond acceptors (Lipinski definition) is 6. The Balaban J connectivity index is 1.50. The number of piperidine rings is 1. The normalized spacial score (nSPS) is 14.7. The summed E-state index contributed by atoms with van der Waals surface area (Å²) in [6.45, 7) is 7.23. The van der Waals surface area contributed by atoms with Crippen LogP contribution in [0.5, 0.6) is 5.75 Å². The van der Waals surface area contributed by atoms with Gasteiger partial charge >= 0.3 is 0 Å². The summed E-state index contributed by atoms with van der Waals surface area (Å²) in [6, 6.07) is 12.1. The molecule has 9 nitrogen and oxygen atoms in total. The van der Waals surface area contributed by atoms with Crippen molar-refractivity contribution in [1.29, 1.82) is 0 Å². The largest absolute Gasteiger partial charge is 0.492 e. The Morgan fingerprint density at radius 1 is 1.11 bits per heavy atom. The van der Waals surface area contributed by atoms with Crippen molar-refractivity contribution in [2.24, 2.45) is 11.3 Å². The summed E-state index contributed by atoms with van der Waals surface area (Å²) >= 11 is 0.